The summed E-state index contributed by atoms with van der Waals surface area (Å²) in [4.78, 5) is 11.5. The van der Waals surface area contributed by atoms with E-state index in [9.17, 15) is 4.79 Å². The average molecular weight is 307 g/mol. The summed E-state index contributed by atoms with van der Waals surface area (Å²) in [5, 5.41) is 17.7. The highest BCUT2D eigenvalue weighted by molar-refractivity contribution is 6.70. The molecule has 2 N–H and O–H groups in total. The highest BCUT2D eigenvalue weighted by Crippen LogP contribution is 2.13. The van der Waals surface area contributed by atoms with E-state index >= 15 is 0 Å². The molecule has 0 aliphatic heterocycles. The molecule has 0 rings (SSSR count). The van der Waals surface area contributed by atoms with Crippen molar-refractivity contribution in [3.63, 3.8) is 0 Å². The molecule has 0 saturated heterocycles. The molecule has 0 aliphatic carbocycles. The minimum Gasteiger partial charge on any atom is -0.459 e. The maximum Gasteiger partial charge on any atom is 0.333 e. The first-order chi connectivity index (χ1) is 8.65. The topological polar surface area (TPSA) is 76.0 Å². The second-order valence-corrected chi connectivity index (χ2v) is 11.4. The molecule has 0 aromatic carbocycles. The van der Waals surface area contributed by atoms with E-state index in [2.05, 4.69) is 26.2 Å². The van der Waals surface area contributed by atoms with Crippen LogP contribution in [0.1, 0.15) is 12.8 Å². The quantitative estimate of drug-likeness (QED) is 0.349. The van der Waals surface area contributed by atoms with E-state index in [-0.39, 0.29) is 12.3 Å². The molecule has 19 heavy (non-hydrogen) atoms. The summed E-state index contributed by atoms with van der Waals surface area (Å²) in [6.45, 7) is 9.46. The standard InChI is InChI=1S/C12H26O5Si2/c1-9(12(15)16-8-10(14)7-13)5-6-11(18)17-19(2,3)4/h10-11,13-14H,1,5-8H2,2-4,18H3. The van der Waals surface area contributed by atoms with Gasteiger partial charge in [0.05, 0.1) is 6.61 Å². The lowest BCUT2D eigenvalue weighted by Crippen LogP contribution is -2.32. The Kier molecular flexibility index (Phi) is 8.43. The smallest absolute Gasteiger partial charge is 0.333 e. The summed E-state index contributed by atoms with van der Waals surface area (Å²) in [6, 6.07) is 0. The zero-order valence-corrected chi connectivity index (χ0v) is 15.3. The van der Waals surface area contributed by atoms with Gasteiger partial charge in [-0.2, -0.15) is 0 Å². The summed E-state index contributed by atoms with van der Waals surface area (Å²) in [5.41, 5.74) is 0.601. The number of rotatable bonds is 9. The molecule has 2 unspecified atom stereocenters. The average Bonchev–Trinajstić information content (AvgIpc) is 2.30. The fraction of sp³-hybridized carbons (Fsp3) is 0.750. The molecule has 0 aliphatic rings. The Bertz CT molecular complexity index is 301. The first-order valence-electron chi connectivity index (χ1n) is 6.47. The van der Waals surface area contributed by atoms with Gasteiger partial charge in [0.15, 0.2) is 8.32 Å². The lowest BCUT2D eigenvalue weighted by Gasteiger charge is -2.23. The van der Waals surface area contributed by atoms with Gasteiger partial charge in [-0.3, -0.25) is 0 Å². The van der Waals surface area contributed by atoms with Gasteiger partial charge in [-0.25, -0.2) is 4.79 Å². The fourth-order valence-corrected chi connectivity index (χ4v) is 5.20. The van der Waals surface area contributed by atoms with Crippen LogP contribution in [0.25, 0.3) is 0 Å². The first-order valence-corrected chi connectivity index (χ1v) is 11.0. The molecule has 2 atom stereocenters. The maximum absolute atomic E-state index is 11.5. The zero-order chi connectivity index (χ0) is 15.1. The van der Waals surface area contributed by atoms with Gasteiger partial charge in [0.2, 0.25) is 0 Å². The van der Waals surface area contributed by atoms with Gasteiger partial charge in [0, 0.05) is 21.5 Å². The van der Waals surface area contributed by atoms with E-state index in [0.29, 0.717) is 12.0 Å². The van der Waals surface area contributed by atoms with Crippen LogP contribution in [0.3, 0.4) is 0 Å². The highest BCUT2D eigenvalue weighted by atomic mass is 28.4. The molecule has 0 fully saturated rings. The Hall–Kier alpha value is -0.476. The number of hydrogen-bond acceptors (Lipinski definition) is 5. The monoisotopic (exact) mass is 306 g/mol. The molecule has 5 nitrogen and oxygen atoms in total. The van der Waals surface area contributed by atoms with Crippen LogP contribution in [0.4, 0.5) is 0 Å². The van der Waals surface area contributed by atoms with Crippen molar-refractivity contribution in [3.8, 4) is 0 Å². The van der Waals surface area contributed by atoms with Crippen LogP contribution in [0.5, 0.6) is 0 Å². The Morgan fingerprint density at radius 2 is 2.00 bits per heavy atom. The summed E-state index contributed by atoms with van der Waals surface area (Å²) in [5.74, 6) is -0.519. The van der Waals surface area contributed by atoms with Gasteiger partial charge < -0.3 is 19.4 Å². The normalized spacial score (nSPS) is 15.0. The summed E-state index contributed by atoms with van der Waals surface area (Å²) in [6.07, 6.45) is 0.276. The summed E-state index contributed by atoms with van der Waals surface area (Å²) in [7, 11) is -0.609. The van der Waals surface area contributed by atoms with Crippen LogP contribution in [0, 0.1) is 0 Å². The van der Waals surface area contributed by atoms with Crippen molar-refractivity contribution >= 4 is 24.5 Å². The SMILES string of the molecule is C=C(CCC([SiH3])O[Si](C)(C)C)C(=O)OCC(O)CO. The molecule has 112 valence electrons. The molecule has 0 amide bonds. The predicted molar refractivity (Wildman–Crippen MR) is 80.6 cm³/mol. The van der Waals surface area contributed by atoms with E-state index in [0.717, 1.165) is 16.7 Å². The lowest BCUT2D eigenvalue weighted by molar-refractivity contribution is -0.142. The number of esters is 1. The van der Waals surface area contributed by atoms with Crippen molar-refractivity contribution < 1.29 is 24.2 Å². The van der Waals surface area contributed by atoms with Crippen LogP contribution in [0.15, 0.2) is 12.2 Å². The Morgan fingerprint density at radius 3 is 2.47 bits per heavy atom. The van der Waals surface area contributed by atoms with Crippen molar-refractivity contribution in [2.45, 2.75) is 44.3 Å². The number of hydrogen-bond donors (Lipinski definition) is 2. The van der Waals surface area contributed by atoms with Crippen molar-refractivity contribution in [2.75, 3.05) is 13.2 Å². The van der Waals surface area contributed by atoms with Crippen LogP contribution in [0.2, 0.25) is 19.6 Å². The van der Waals surface area contributed by atoms with Crippen molar-refractivity contribution in [1.82, 2.24) is 0 Å². The van der Waals surface area contributed by atoms with Gasteiger partial charge in [0.25, 0.3) is 0 Å². The van der Waals surface area contributed by atoms with E-state index in [1.165, 1.54) is 0 Å². The number of aliphatic hydroxyl groups excluding tert-OH is 2. The van der Waals surface area contributed by atoms with Gasteiger partial charge in [-0.1, -0.05) is 6.58 Å². The van der Waals surface area contributed by atoms with Crippen LogP contribution >= 0.6 is 0 Å². The molecule has 0 bridgehead atoms. The number of carbonyl (C=O) groups excluding carboxylic acids is 1. The second kappa shape index (κ2) is 8.65. The van der Waals surface area contributed by atoms with Crippen LogP contribution < -0.4 is 0 Å². The minimum atomic E-state index is -1.53. The molecule has 0 radical (unpaired) electrons. The molecule has 0 aromatic heterocycles. The highest BCUT2D eigenvalue weighted by Gasteiger charge is 2.19. The lowest BCUT2D eigenvalue weighted by atomic mass is 10.2. The third kappa shape index (κ3) is 10.0. The molecule has 0 saturated carbocycles. The minimum absolute atomic E-state index is 0.204. The summed E-state index contributed by atoms with van der Waals surface area (Å²) < 4.78 is 10.7. The number of carbonyl (C=O) groups is 1. The third-order valence-corrected chi connectivity index (χ3v) is 4.71. The van der Waals surface area contributed by atoms with Gasteiger partial charge in [-0.15, -0.1) is 0 Å². The molecule has 0 aromatic rings. The van der Waals surface area contributed by atoms with E-state index < -0.39 is 27.0 Å². The Balaban J connectivity index is 3.94. The van der Waals surface area contributed by atoms with Crippen molar-refractivity contribution in [2.24, 2.45) is 0 Å². The molecule has 0 spiro atoms. The van der Waals surface area contributed by atoms with E-state index in [4.69, 9.17) is 19.4 Å². The van der Waals surface area contributed by atoms with Crippen LogP contribution in [-0.4, -0.2) is 59.8 Å². The van der Waals surface area contributed by atoms with Gasteiger partial charge in [-0.05, 0) is 32.5 Å². The maximum atomic E-state index is 11.5. The summed E-state index contributed by atoms with van der Waals surface area (Å²) >= 11 is 0. The second-order valence-electron chi connectivity index (χ2n) is 5.62. The molecular weight excluding hydrogens is 280 g/mol. The fourth-order valence-electron chi connectivity index (χ4n) is 1.47. The molecule has 7 heteroatoms. The molecule has 0 heterocycles. The van der Waals surface area contributed by atoms with Crippen LogP contribution in [-0.2, 0) is 14.0 Å². The number of ether oxygens (including phenoxy) is 1. The Morgan fingerprint density at radius 1 is 1.42 bits per heavy atom. The van der Waals surface area contributed by atoms with E-state index in [1.54, 1.807) is 0 Å². The van der Waals surface area contributed by atoms with Crippen molar-refractivity contribution in [1.29, 1.82) is 0 Å². The molecular formula is C12H26O5Si2. The first kappa shape index (κ1) is 18.5. The largest absolute Gasteiger partial charge is 0.459 e. The van der Waals surface area contributed by atoms with Crippen molar-refractivity contribution in [3.05, 3.63) is 12.2 Å². The third-order valence-electron chi connectivity index (χ3n) is 2.31. The van der Waals surface area contributed by atoms with Gasteiger partial charge >= 0.3 is 5.97 Å². The predicted octanol–water partition coefficient (Wildman–Crippen LogP) is -0.238. The number of aliphatic hydroxyl groups is 2. The zero-order valence-electron chi connectivity index (χ0n) is 12.3. The van der Waals surface area contributed by atoms with E-state index in [1.807, 2.05) is 0 Å². The van der Waals surface area contributed by atoms with Gasteiger partial charge in [0.1, 0.15) is 12.7 Å². The Labute approximate surface area is 119 Å².